The first kappa shape index (κ1) is 21.2. The zero-order chi connectivity index (χ0) is 20.5. The lowest BCUT2D eigenvalue weighted by Crippen LogP contribution is -2.39. The summed E-state index contributed by atoms with van der Waals surface area (Å²) in [5.41, 5.74) is 2.30. The molecule has 2 N–H and O–H groups in total. The molecule has 2 unspecified atom stereocenters. The van der Waals surface area contributed by atoms with E-state index in [9.17, 15) is 0 Å². The molecule has 0 spiro atoms. The van der Waals surface area contributed by atoms with E-state index in [4.69, 9.17) is 9.47 Å². The molecular weight excluding hydrogens is 366 g/mol. The first-order valence-electron chi connectivity index (χ1n) is 10.4. The fourth-order valence-corrected chi connectivity index (χ4v) is 3.36. The molecule has 7 nitrogen and oxygen atoms in total. The highest BCUT2D eigenvalue weighted by Gasteiger charge is 2.17. The van der Waals surface area contributed by atoms with Crippen LogP contribution in [0.3, 0.4) is 0 Å². The van der Waals surface area contributed by atoms with Gasteiger partial charge in [0.2, 0.25) is 0 Å². The topological polar surface area (TPSA) is 72.7 Å². The number of nitrogens with zero attached hydrogens (tertiary/aromatic N) is 3. The molecule has 1 aliphatic rings. The lowest BCUT2D eigenvalue weighted by molar-refractivity contribution is 0.0676. The third-order valence-electron chi connectivity index (χ3n) is 5.02. The molecule has 3 rings (SSSR count). The molecule has 7 heteroatoms. The molecule has 29 heavy (non-hydrogen) atoms. The Morgan fingerprint density at radius 1 is 1.41 bits per heavy atom. The highest BCUT2D eigenvalue weighted by Crippen LogP contribution is 2.22. The molecule has 0 saturated carbocycles. The Balaban J connectivity index is 1.49. The van der Waals surface area contributed by atoms with Gasteiger partial charge in [-0.1, -0.05) is 19.1 Å². The van der Waals surface area contributed by atoms with E-state index in [2.05, 4.69) is 52.8 Å². The quantitative estimate of drug-likeness (QED) is 0.501. The van der Waals surface area contributed by atoms with Gasteiger partial charge in [0, 0.05) is 51.2 Å². The number of hydrogen-bond donors (Lipinski definition) is 2. The number of aryl methyl sites for hydroxylation is 1. The zero-order valence-electron chi connectivity index (χ0n) is 17.7. The van der Waals surface area contributed by atoms with E-state index in [1.165, 1.54) is 5.56 Å². The Labute approximate surface area is 173 Å². The van der Waals surface area contributed by atoms with Crippen LogP contribution in [-0.4, -0.2) is 48.7 Å². The Bertz CT molecular complexity index is 770. The van der Waals surface area contributed by atoms with Crippen molar-refractivity contribution in [3.63, 3.8) is 0 Å². The van der Waals surface area contributed by atoms with Crippen LogP contribution in [0.15, 0.2) is 41.7 Å². The van der Waals surface area contributed by atoms with Crippen molar-refractivity contribution < 1.29 is 9.47 Å². The van der Waals surface area contributed by atoms with Crippen LogP contribution in [0, 0.1) is 12.8 Å². The van der Waals surface area contributed by atoms with Gasteiger partial charge in [0.05, 0.1) is 6.10 Å². The van der Waals surface area contributed by atoms with E-state index >= 15 is 0 Å². The van der Waals surface area contributed by atoms with E-state index in [1.54, 1.807) is 13.2 Å². The van der Waals surface area contributed by atoms with Crippen LogP contribution in [0.4, 0.5) is 0 Å². The van der Waals surface area contributed by atoms with Crippen LogP contribution in [0.5, 0.6) is 5.75 Å². The molecule has 1 saturated heterocycles. The third kappa shape index (κ3) is 6.78. The van der Waals surface area contributed by atoms with Crippen LogP contribution in [0.25, 0.3) is 0 Å². The van der Waals surface area contributed by atoms with Crippen LogP contribution in [0.2, 0.25) is 0 Å². The Hall–Kier alpha value is -2.54. The largest absolute Gasteiger partial charge is 0.491 e. The first-order valence-corrected chi connectivity index (χ1v) is 10.4. The van der Waals surface area contributed by atoms with Crippen molar-refractivity contribution in [1.82, 2.24) is 20.4 Å². The summed E-state index contributed by atoms with van der Waals surface area (Å²) in [6.45, 7) is 8.06. The lowest BCUT2D eigenvalue weighted by atomic mass is 10.1. The molecule has 0 bridgehead atoms. The molecule has 1 fully saturated rings. The van der Waals surface area contributed by atoms with Crippen molar-refractivity contribution in [1.29, 1.82) is 0 Å². The van der Waals surface area contributed by atoms with Gasteiger partial charge in [0.25, 0.3) is 0 Å². The summed E-state index contributed by atoms with van der Waals surface area (Å²) in [7, 11) is 1.79. The molecule has 1 aromatic carbocycles. The average Bonchev–Trinajstić information content (AvgIpc) is 3.41. The van der Waals surface area contributed by atoms with Crippen LogP contribution < -0.4 is 15.4 Å². The van der Waals surface area contributed by atoms with Gasteiger partial charge >= 0.3 is 0 Å². The highest BCUT2D eigenvalue weighted by atomic mass is 16.5. The number of guanidine groups is 1. The van der Waals surface area contributed by atoms with Gasteiger partial charge in [-0.15, -0.1) is 0 Å². The van der Waals surface area contributed by atoms with Crippen LogP contribution in [0.1, 0.15) is 30.9 Å². The van der Waals surface area contributed by atoms with E-state index in [1.807, 2.05) is 16.9 Å². The van der Waals surface area contributed by atoms with Gasteiger partial charge in [-0.25, -0.2) is 0 Å². The van der Waals surface area contributed by atoms with E-state index in [-0.39, 0.29) is 6.10 Å². The standard InChI is InChI=1S/C22H33N5O2/c1-17-7-8-19(21(12-17)29-16-20-6-4-11-28-20)14-25-22(23-3)24-13-18(2)15-27-10-5-9-26-27/h5,7-10,12,18,20H,4,6,11,13-16H2,1-3H3,(H2,23,24,25). The molecule has 158 valence electrons. The number of ether oxygens (including phenoxy) is 2. The summed E-state index contributed by atoms with van der Waals surface area (Å²) >= 11 is 0. The second-order valence-electron chi connectivity index (χ2n) is 7.70. The van der Waals surface area contributed by atoms with Crippen molar-refractivity contribution >= 4 is 5.96 Å². The fourth-order valence-electron chi connectivity index (χ4n) is 3.36. The minimum absolute atomic E-state index is 0.210. The van der Waals surface area contributed by atoms with E-state index in [0.717, 1.165) is 49.8 Å². The number of benzene rings is 1. The number of hydrogen-bond acceptors (Lipinski definition) is 4. The first-order chi connectivity index (χ1) is 14.1. The van der Waals surface area contributed by atoms with Gasteiger partial charge in [-0.3, -0.25) is 9.67 Å². The second-order valence-corrected chi connectivity index (χ2v) is 7.70. The van der Waals surface area contributed by atoms with Gasteiger partial charge in [-0.05, 0) is 43.4 Å². The van der Waals surface area contributed by atoms with Crippen molar-refractivity contribution in [2.75, 3.05) is 26.8 Å². The number of aliphatic imine (C=N–C) groups is 1. The van der Waals surface area contributed by atoms with Gasteiger partial charge < -0.3 is 20.1 Å². The number of aromatic nitrogens is 2. The number of rotatable bonds is 9. The lowest BCUT2D eigenvalue weighted by Gasteiger charge is -2.18. The molecule has 1 aromatic heterocycles. The molecule has 0 amide bonds. The average molecular weight is 400 g/mol. The Kier molecular flexibility index (Phi) is 7.93. The smallest absolute Gasteiger partial charge is 0.191 e. The monoisotopic (exact) mass is 399 g/mol. The SMILES string of the molecule is CN=C(NCc1ccc(C)cc1OCC1CCCO1)NCC(C)Cn1cccn1. The summed E-state index contributed by atoms with van der Waals surface area (Å²) in [6.07, 6.45) is 6.20. The van der Waals surface area contributed by atoms with Gasteiger partial charge in [-0.2, -0.15) is 5.10 Å². The maximum atomic E-state index is 6.09. The minimum atomic E-state index is 0.210. The predicted molar refractivity (Wildman–Crippen MR) is 115 cm³/mol. The number of nitrogens with one attached hydrogen (secondary N) is 2. The maximum Gasteiger partial charge on any atom is 0.191 e. The summed E-state index contributed by atoms with van der Waals surface area (Å²) in [5.74, 6) is 2.12. The summed E-state index contributed by atoms with van der Waals surface area (Å²) in [6, 6.07) is 8.26. The molecule has 1 aliphatic heterocycles. The van der Waals surface area contributed by atoms with Gasteiger partial charge in [0.1, 0.15) is 12.4 Å². The zero-order valence-corrected chi connectivity index (χ0v) is 17.7. The van der Waals surface area contributed by atoms with Crippen molar-refractivity contribution in [2.24, 2.45) is 10.9 Å². The maximum absolute atomic E-state index is 6.09. The highest BCUT2D eigenvalue weighted by molar-refractivity contribution is 5.79. The van der Waals surface area contributed by atoms with Crippen LogP contribution >= 0.6 is 0 Å². The van der Waals surface area contributed by atoms with Crippen molar-refractivity contribution in [3.05, 3.63) is 47.8 Å². The van der Waals surface area contributed by atoms with E-state index in [0.29, 0.717) is 19.1 Å². The van der Waals surface area contributed by atoms with Gasteiger partial charge in [0.15, 0.2) is 5.96 Å². The molecule has 0 aliphatic carbocycles. The second kappa shape index (κ2) is 10.9. The predicted octanol–water partition coefficient (Wildman–Crippen LogP) is 2.75. The molecule has 2 heterocycles. The summed E-state index contributed by atoms with van der Waals surface area (Å²) < 4.78 is 13.7. The summed E-state index contributed by atoms with van der Waals surface area (Å²) in [5, 5.41) is 11.1. The third-order valence-corrected chi connectivity index (χ3v) is 5.02. The van der Waals surface area contributed by atoms with Crippen LogP contribution in [-0.2, 0) is 17.8 Å². The normalized spacial score (nSPS) is 17.9. The minimum Gasteiger partial charge on any atom is -0.491 e. The van der Waals surface area contributed by atoms with Crippen molar-refractivity contribution in [3.8, 4) is 5.75 Å². The Morgan fingerprint density at radius 2 is 2.31 bits per heavy atom. The molecule has 2 aromatic rings. The summed E-state index contributed by atoms with van der Waals surface area (Å²) in [4.78, 5) is 4.34. The molecular formula is C22H33N5O2. The van der Waals surface area contributed by atoms with Crippen molar-refractivity contribution in [2.45, 2.75) is 45.9 Å². The molecule has 2 atom stereocenters. The molecule has 0 radical (unpaired) electrons. The van der Waals surface area contributed by atoms with E-state index < -0.39 is 0 Å². The Morgan fingerprint density at radius 3 is 3.03 bits per heavy atom. The fraction of sp³-hybridized carbons (Fsp3) is 0.545.